The molecule has 1 saturated heterocycles. The van der Waals surface area contributed by atoms with E-state index in [0.29, 0.717) is 42.3 Å². The lowest BCUT2D eigenvalue weighted by Gasteiger charge is -2.34. The second kappa shape index (κ2) is 8.24. The fourth-order valence-corrected chi connectivity index (χ4v) is 5.62. The lowest BCUT2D eigenvalue weighted by Crippen LogP contribution is -2.49. The van der Waals surface area contributed by atoms with Gasteiger partial charge in [-0.1, -0.05) is 17.7 Å². The highest BCUT2D eigenvalue weighted by Gasteiger charge is 2.26. The van der Waals surface area contributed by atoms with Crippen molar-refractivity contribution < 1.29 is 14.7 Å². The summed E-state index contributed by atoms with van der Waals surface area (Å²) in [5.41, 5.74) is 3.05. The van der Waals surface area contributed by atoms with E-state index in [4.69, 9.17) is 16.7 Å². The van der Waals surface area contributed by atoms with Gasteiger partial charge in [-0.25, -0.2) is 0 Å². The zero-order valence-electron chi connectivity index (χ0n) is 16.9. The maximum absolute atomic E-state index is 13.0. The molecule has 3 aromatic rings. The molecule has 2 N–H and O–H groups in total. The molecule has 2 aromatic carbocycles. The number of hydrogen-bond acceptors (Lipinski definition) is 5. The molecule has 1 aromatic heterocycles. The van der Waals surface area contributed by atoms with Gasteiger partial charge in [0.2, 0.25) is 0 Å². The number of benzene rings is 2. The summed E-state index contributed by atoms with van der Waals surface area (Å²) in [5.74, 6) is -0.0637. The molecule has 0 atom stereocenters. The Kier molecular flexibility index (Phi) is 5.44. The molecule has 1 fully saturated rings. The van der Waals surface area contributed by atoms with Crippen LogP contribution in [0.2, 0.25) is 5.02 Å². The number of β-amino-alcohol motifs (C(OH)–C–C–N with tert-alkyl or cyclic N) is 1. The molecule has 0 radical (unpaired) electrons. The Morgan fingerprint density at radius 1 is 1.13 bits per heavy atom. The van der Waals surface area contributed by atoms with Gasteiger partial charge in [-0.05, 0) is 35.7 Å². The van der Waals surface area contributed by atoms with Crippen LogP contribution in [0, 0.1) is 0 Å². The van der Waals surface area contributed by atoms with Crippen molar-refractivity contribution in [2.75, 3.05) is 39.3 Å². The molecule has 0 aliphatic carbocycles. The number of halogens is 1. The Labute approximate surface area is 189 Å². The molecule has 160 valence electrons. The Bertz CT molecular complexity index is 1180. The summed E-state index contributed by atoms with van der Waals surface area (Å²) in [7, 11) is 0. The highest BCUT2D eigenvalue weighted by molar-refractivity contribution is 7.22. The van der Waals surface area contributed by atoms with Crippen molar-refractivity contribution in [2.45, 2.75) is 6.54 Å². The Hall–Kier alpha value is -2.45. The summed E-state index contributed by atoms with van der Waals surface area (Å²) >= 11 is 7.89. The van der Waals surface area contributed by atoms with Gasteiger partial charge in [-0.2, -0.15) is 0 Å². The van der Waals surface area contributed by atoms with E-state index in [1.165, 1.54) is 0 Å². The molecule has 0 spiro atoms. The second-order valence-corrected chi connectivity index (χ2v) is 9.34. The number of nitrogens with zero attached hydrogens (tertiary/aromatic N) is 2. The van der Waals surface area contributed by atoms with E-state index in [1.54, 1.807) is 11.3 Å². The molecule has 0 unspecified atom stereocenters. The summed E-state index contributed by atoms with van der Waals surface area (Å²) in [4.78, 5) is 30.4. The van der Waals surface area contributed by atoms with Crippen LogP contribution < -0.4 is 5.32 Å². The normalized spacial score (nSPS) is 16.6. The number of nitrogens with one attached hydrogen (secondary N) is 1. The summed E-state index contributed by atoms with van der Waals surface area (Å²) < 4.78 is 1.07. The number of aliphatic hydroxyl groups excluding tert-OH is 1. The first-order valence-electron chi connectivity index (χ1n) is 10.3. The van der Waals surface area contributed by atoms with Crippen molar-refractivity contribution in [3.63, 3.8) is 0 Å². The van der Waals surface area contributed by atoms with E-state index in [2.05, 4.69) is 10.2 Å². The molecule has 0 bridgehead atoms. The van der Waals surface area contributed by atoms with Crippen molar-refractivity contribution in [1.29, 1.82) is 0 Å². The third-order valence-corrected chi connectivity index (χ3v) is 7.52. The van der Waals surface area contributed by atoms with E-state index in [9.17, 15) is 9.59 Å². The van der Waals surface area contributed by atoms with Crippen LogP contribution in [-0.4, -0.2) is 66.1 Å². The predicted molar refractivity (Wildman–Crippen MR) is 123 cm³/mol. The van der Waals surface area contributed by atoms with Gasteiger partial charge in [0, 0.05) is 70.6 Å². The van der Waals surface area contributed by atoms with E-state index >= 15 is 0 Å². The quantitative estimate of drug-likeness (QED) is 0.633. The highest BCUT2D eigenvalue weighted by atomic mass is 35.5. The SMILES string of the molecule is O=C1NCc2c(Cl)ccc(-c3cc4cc(C(=O)N5CCN(CCO)CC5)ccc4s3)c21. The fourth-order valence-electron chi connectivity index (χ4n) is 4.32. The van der Waals surface area contributed by atoms with Gasteiger partial charge in [0.15, 0.2) is 0 Å². The summed E-state index contributed by atoms with van der Waals surface area (Å²) in [6.45, 7) is 4.13. The predicted octanol–water partition coefficient (Wildman–Crippen LogP) is 3.22. The number of hydrogen-bond donors (Lipinski definition) is 2. The topological polar surface area (TPSA) is 72.9 Å². The van der Waals surface area contributed by atoms with Crippen molar-refractivity contribution in [3.05, 3.63) is 58.1 Å². The molecule has 6 nitrogen and oxygen atoms in total. The number of thiophene rings is 1. The van der Waals surface area contributed by atoms with Gasteiger partial charge in [0.05, 0.1) is 12.2 Å². The van der Waals surface area contributed by atoms with Gasteiger partial charge in [0.25, 0.3) is 11.8 Å². The molecular weight excluding hydrogens is 434 g/mol. The standard InChI is InChI=1S/C23H22ClN3O3S/c24-18-3-2-16(21-17(18)13-25-22(21)29)20-12-15-11-14(1-4-19(15)31-20)23(30)27-7-5-26(6-8-27)9-10-28/h1-4,11-12,28H,5-10,13H2,(H,25,29). The van der Waals surface area contributed by atoms with Crippen molar-refractivity contribution in [3.8, 4) is 10.4 Å². The lowest BCUT2D eigenvalue weighted by atomic mass is 10.0. The monoisotopic (exact) mass is 455 g/mol. The first-order chi connectivity index (χ1) is 15.0. The maximum Gasteiger partial charge on any atom is 0.253 e. The van der Waals surface area contributed by atoms with Crippen LogP contribution in [0.5, 0.6) is 0 Å². The minimum absolute atomic E-state index is 0.0325. The van der Waals surface area contributed by atoms with Gasteiger partial charge in [-0.3, -0.25) is 14.5 Å². The van der Waals surface area contributed by atoms with Crippen LogP contribution in [0.4, 0.5) is 0 Å². The smallest absolute Gasteiger partial charge is 0.253 e. The number of aliphatic hydroxyl groups is 1. The molecule has 2 amide bonds. The maximum atomic E-state index is 13.0. The third kappa shape index (κ3) is 3.72. The fraction of sp³-hybridized carbons (Fsp3) is 0.304. The summed E-state index contributed by atoms with van der Waals surface area (Å²) in [6, 6.07) is 11.6. The van der Waals surface area contributed by atoms with Crippen LogP contribution in [0.3, 0.4) is 0 Å². The molecule has 31 heavy (non-hydrogen) atoms. The van der Waals surface area contributed by atoms with Crippen molar-refractivity contribution in [1.82, 2.24) is 15.1 Å². The zero-order valence-corrected chi connectivity index (χ0v) is 18.4. The molecule has 2 aliphatic heterocycles. The van der Waals surface area contributed by atoms with Crippen LogP contribution in [0.15, 0.2) is 36.4 Å². The number of carbonyl (C=O) groups is 2. The van der Waals surface area contributed by atoms with Gasteiger partial charge in [-0.15, -0.1) is 11.3 Å². The minimum Gasteiger partial charge on any atom is -0.395 e. The highest BCUT2D eigenvalue weighted by Crippen LogP contribution is 2.39. The molecular formula is C23H22ClN3O3S. The summed E-state index contributed by atoms with van der Waals surface area (Å²) in [5, 5.41) is 13.5. The van der Waals surface area contributed by atoms with Crippen LogP contribution in [0.25, 0.3) is 20.5 Å². The van der Waals surface area contributed by atoms with E-state index in [-0.39, 0.29) is 18.4 Å². The number of amides is 2. The largest absolute Gasteiger partial charge is 0.395 e. The number of carbonyl (C=O) groups excluding carboxylic acids is 2. The van der Waals surface area contributed by atoms with E-state index < -0.39 is 0 Å². The zero-order chi connectivity index (χ0) is 21.5. The van der Waals surface area contributed by atoms with Gasteiger partial charge in [0.1, 0.15) is 0 Å². The van der Waals surface area contributed by atoms with Crippen LogP contribution in [0.1, 0.15) is 26.3 Å². The minimum atomic E-state index is -0.0961. The van der Waals surface area contributed by atoms with Crippen LogP contribution in [-0.2, 0) is 6.54 Å². The second-order valence-electron chi connectivity index (χ2n) is 7.85. The van der Waals surface area contributed by atoms with Crippen molar-refractivity contribution >= 4 is 44.8 Å². The van der Waals surface area contributed by atoms with Gasteiger partial charge >= 0.3 is 0 Å². The third-order valence-electron chi connectivity index (χ3n) is 6.01. The van der Waals surface area contributed by atoms with E-state index in [0.717, 1.165) is 39.2 Å². The first kappa shape index (κ1) is 20.5. The summed E-state index contributed by atoms with van der Waals surface area (Å²) in [6.07, 6.45) is 0. The number of fused-ring (bicyclic) bond motifs is 2. The van der Waals surface area contributed by atoms with Crippen LogP contribution >= 0.6 is 22.9 Å². The van der Waals surface area contributed by atoms with Crippen molar-refractivity contribution in [2.24, 2.45) is 0 Å². The number of piperazine rings is 1. The lowest BCUT2D eigenvalue weighted by molar-refractivity contribution is 0.0615. The number of rotatable bonds is 4. The molecule has 2 aliphatic rings. The Morgan fingerprint density at radius 2 is 1.94 bits per heavy atom. The first-order valence-corrected chi connectivity index (χ1v) is 11.5. The Morgan fingerprint density at radius 3 is 2.71 bits per heavy atom. The van der Waals surface area contributed by atoms with Gasteiger partial charge < -0.3 is 15.3 Å². The van der Waals surface area contributed by atoms with E-state index in [1.807, 2.05) is 41.3 Å². The molecule has 3 heterocycles. The molecule has 8 heteroatoms. The molecule has 5 rings (SSSR count). The Balaban J connectivity index is 1.43. The average Bonchev–Trinajstić information content (AvgIpc) is 3.38. The molecule has 0 saturated carbocycles. The average molecular weight is 456 g/mol.